The van der Waals surface area contributed by atoms with Crippen LogP contribution in [0, 0.1) is 28.0 Å². The number of hydroxylamine groups is 1. The Balaban J connectivity index is 1.68. The molecule has 1 aliphatic carbocycles. The summed E-state index contributed by atoms with van der Waals surface area (Å²) < 4.78 is 59.5. The van der Waals surface area contributed by atoms with Gasteiger partial charge in [0.15, 0.2) is 11.6 Å². The maximum absolute atomic E-state index is 15.3. The smallest absolute Gasteiger partial charge is 0.277 e. The number of halogens is 3. The lowest BCUT2D eigenvalue weighted by molar-refractivity contribution is 0.0270. The van der Waals surface area contributed by atoms with Crippen LogP contribution in [0.2, 0.25) is 0 Å². The molecule has 0 aliphatic heterocycles. The zero-order valence-electron chi connectivity index (χ0n) is 19.1. The van der Waals surface area contributed by atoms with Crippen molar-refractivity contribution in [2.24, 2.45) is 5.92 Å². The minimum absolute atomic E-state index is 0.245. The first kappa shape index (κ1) is 26.4. The van der Waals surface area contributed by atoms with E-state index in [1.807, 2.05) is 0 Å². The molecule has 0 unspecified atom stereocenters. The first-order chi connectivity index (χ1) is 17.2. The average molecular weight is 628 g/mol. The third-order valence-corrected chi connectivity index (χ3v) is 7.67. The number of amides is 1. The minimum atomic E-state index is -4.56. The molecule has 1 saturated carbocycles. The van der Waals surface area contributed by atoms with Gasteiger partial charge < -0.3 is 5.32 Å². The van der Waals surface area contributed by atoms with Crippen molar-refractivity contribution in [2.45, 2.75) is 31.2 Å². The summed E-state index contributed by atoms with van der Waals surface area (Å²) in [7, 11) is -4.56. The number of pyridine rings is 1. The van der Waals surface area contributed by atoms with Gasteiger partial charge in [0, 0.05) is 15.5 Å². The van der Waals surface area contributed by atoms with Gasteiger partial charge in [-0.1, -0.05) is 6.07 Å². The number of benzene rings is 2. The molecule has 12 heteroatoms. The molecule has 36 heavy (non-hydrogen) atoms. The van der Waals surface area contributed by atoms with Crippen molar-refractivity contribution in [3.05, 3.63) is 80.7 Å². The highest BCUT2D eigenvalue weighted by atomic mass is 127. The molecular formula is C24H23F2IN4O4S. The molecule has 3 aromatic rings. The zero-order valence-corrected chi connectivity index (χ0v) is 22.1. The van der Waals surface area contributed by atoms with Crippen LogP contribution in [0.1, 0.15) is 34.5 Å². The number of aromatic nitrogens is 1. The van der Waals surface area contributed by atoms with E-state index >= 15 is 8.78 Å². The van der Waals surface area contributed by atoms with Gasteiger partial charge in [-0.15, -0.1) is 0 Å². The van der Waals surface area contributed by atoms with Gasteiger partial charge in [0.25, 0.3) is 5.91 Å². The summed E-state index contributed by atoms with van der Waals surface area (Å²) in [6.07, 6.45) is 3.45. The van der Waals surface area contributed by atoms with Gasteiger partial charge in [0.1, 0.15) is 4.90 Å². The molecule has 0 radical (unpaired) electrons. The molecule has 1 aliphatic rings. The maximum Gasteiger partial charge on any atom is 0.277 e. The number of rotatable bonds is 10. The van der Waals surface area contributed by atoms with Crippen LogP contribution in [0.4, 0.5) is 20.2 Å². The highest BCUT2D eigenvalue weighted by molar-refractivity contribution is 14.1. The molecule has 0 bridgehead atoms. The van der Waals surface area contributed by atoms with Crippen molar-refractivity contribution in [1.29, 1.82) is 0 Å². The topological polar surface area (TPSA) is 109 Å². The number of carbonyl (C=O) groups excluding carboxylic acids is 1. The molecule has 4 rings (SSSR count). The van der Waals surface area contributed by atoms with Gasteiger partial charge >= 0.3 is 0 Å². The lowest BCUT2D eigenvalue weighted by Crippen LogP contribution is -2.29. The second-order valence-electron chi connectivity index (χ2n) is 8.33. The van der Waals surface area contributed by atoms with E-state index in [1.165, 1.54) is 6.20 Å². The van der Waals surface area contributed by atoms with Crippen LogP contribution in [0.25, 0.3) is 0 Å². The van der Waals surface area contributed by atoms with Crippen LogP contribution in [0.5, 0.6) is 0 Å². The fourth-order valence-corrected chi connectivity index (χ4v) is 4.73. The van der Waals surface area contributed by atoms with Gasteiger partial charge in [-0.05, 0) is 90.2 Å². The number of hydrogen-bond acceptors (Lipinski definition) is 6. The summed E-state index contributed by atoms with van der Waals surface area (Å²) >= 11 is 2.09. The number of nitrogens with zero attached hydrogens (tertiary/aromatic N) is 1. The molecule has 0 saturated heterocycles. The Bertz CT molecular complexity index is 1380. The molecule has 1 heterocycles. The number of anilines is 2. The second-order valence-corrected chi connectivity index (χ2v) is 11.3. The Morgan fingerprint density at radius 1 is 1.17 bits per heavy atom. The van der Waals surface area contributed by atoms with E-state index < -0.39 is 43.7 Å². The van der Waals surface area contributed by atoms with Gasteiger partial charge in [-0.25, -0.2) is 27.4 Å². The first-order valence-electron chi connectivity index (χ1n) is 11.0. The number of nitrogens with one attached hydrogen (secondary N) is 3. The van der Waals surface area contributed by atoms with Crippen molar-refractivity contribution in [1.82, 2.24) is 15.2 Å². The standard InChI is InChI=1S/C24H23F2IN4O4S/c1-14-3-2-10-28-19(14)12-29-36(33,34)20-11-18(24(32)31-35-13-15-4-5-15)23(22(26)21(20)25)30-17-8-6-16(27)7-9-17/h2-3,6-11,15,29-30H,4-5,12-13H2,1H3,(H,31,32). The number of hydrogen-bond donors (Lipinski definition) is 3. The average Bonchev–Trinajstić information content (AvgIpc) is 3.67. The van der Waals surface area contributed by atoms with Gasteiger partial charge in [-0.2, -0.15) is 0 Å². The SMILES string of the molecule is Cc1cccnc1CNS(=O)(=O)c1cc(C(=O)NOCC2CC2)c(Nc2ccc(I)cc2)c(F)c1F. The predicted molar refractivity (Wildman–Crippen MR) is 138 cm³/mol. The molecule has 190 valence electrons. The van der Waals surface area contributed by atoms with E-state index in [0.29, 0.717) is 17.3 Å². The van der Waals surface area contributed by atoms with Crippen LogP contribution in [-0.2, 0) is 21.4 Å². The first-order valence-corrected chi connectivity index (χ1v) is 13.6. The maximum atomic E-state index is 15.3. The van der Waals surface area contributed by atoms with Crippen LogP contribution < -0.4 is 15.5 Å². The fraction of sp³-hybridized carbons (Fsp3) is 0.250. The summed E-state index contributed by atoms with van der Waals surface area (Å²) in [4.78, 5) is 21.2. The van der Waals surface area contributed by atoms with Crippen molar-refractivity contribution in [3.8, 4) is 0 Å². The molecule has 1 amide bonds. The number of carbonyl (C=O) groups is 1. The molecule has 2 aromatic carbocycles. The second kappa shape index (κ2) is 11.2. The Morgan fingerprint density at radius 2 is 1.89 bits per heavy atom. The summed E-state index contributed by atoms with van der Waals surface area (Å²) in [5, 5.41) is 2.69. The quantitative estimate of drug-likeness (QED) is 0.224. The Hall–Kier alpha value is -2.68. The van der Waals surface area contributed by atoms with Crippen LogP contribution >= 0.6 is 22.6 Å². The molecule has 8 nitrogen and oxygen atoms in total. The van der Waals surface area contributed by atoms with Crippen LogP contribution in [-0.4, -0.2) is 25.9 Å². The summed E-state index contributed by atoms with van der Waals surface area (Å²) in [5.74, 6) is -3.73. The van der Waals surface area contributed by atoms with E-state index in [1.54, 1.807) is 43.3 Å². The molecule has 0 atom stereocenters. The van der Waals surface area contributed by atoms with E-state index in [4.69, 9.17) is 4.84 Å². The minimum Gasteiger partial charge on any atom is -0.352 e. The highest BCUT2D eigenvalue weighted by Gasteiger charge is 2.30. The fourth-order valence-electron chi connectivity index (χ4n) is 3.29. The zero-order chi connectivity index (χ0) is 25.9. The third-order valence-electron chi connectivity index (χ3n) is 5.55. The Kier molecular flexibility index (Phi) is 8.17. The molecule has 1 fully saturated rings. The summed E-state index contributed by atoms with van der Waals surface area (Å²) in [6, 6.07) is 10.9. The van der Waals surface area contributed by atoms with Gasteiger partial charge in [-0.3, -0.25) is 14.6 Å². The normalized spacial score (nSPS) is 13.4. The van der Waals surface area contributed by atoms with Gasteiger partial charge in [0.05, 0.1) is 30.1 Å². The third kappa shape index (κ3) is 6.35. The summed E-state index contributed by atoms with van der Waals surface area (Å²) in [5.41, 5.74) is 2.77. The predicted octanol–water partition coefficient (Wildman–Crippen LogP) is 4.57. The van der Waals surface area contributed by atoms with Crippen molar-refractivity contribution in [3.63, 3.8) is 0 Å². The van der Waals surface area contributed by atoms with Crippen LogP contribution in [0.15, 0.2) is 53.6 Å². The van der Waals surface area contributed by atoms with Crippen molar-refractivity contribution in [2.75, 3.05) is 11.9 Å². The van der Waals surface area contributed by atoms with E-state index in [2.05, 4.69) is 43.1 Å². The van der Waals surface area contributed by atoms with E-state index in [9.17, 15) is 13.2 Å². The number of aryl methyl sites for hydroxylation is 1. The Morgan fingerprint density at radius 3 is 2.56 bits per heavy atom. The van der Waals surface area contributed by atoms with Crippen LogP contribution in [0.3, 0.4) is 0 Å². The van der Waals surface area contributed by atoms with Crippen molar-refractivity contribution >= 4 is 49.9 Å². The number of sulfonamides is 1. The largest absolute Gasteiger partial charge is 0.352 e. The van der Waals surface area contributed by atoms with Gasteiger partial charge in [0.2, 0.25) is 10.0 Å². The van der Waals surface area contributed by atoms with Crippen molar-refractivity contribution < 1.29 is 26.8 Å². The Labute approximate surface area is 221 Å². The molecule has 3 N–H and O–H groups in total. The lowest BCUT2D eigenvalue weighted by atomic mass is 10.1. The molecular weight excluding hydrogens is 605 g/mol. The lowest BCUT2D eigenvalue weighted by Gasteiger charge is -2.17. The highest BCUT2D eigenvalue weighted by Crippen LogP contribution is 2.32. The molecule has 0 spiro atoms. The summed E-state index contributed by atoms with van der Waals surface area (Å²) in [6.45, 7) is 1.77. The van der Waals surface area contributed by atoms with E-state index in [0.717, 1.165) is 28.0 Å². The monoisotopic (exact) mass is 628 g/mol. The van der Waals surface area contributed by atoms with E-state index in [-0.39, 0.29) is 13.2 Å². The molecule has 1 aromatic heterocycles.